The number of H-pyrrole nitrogens is 1. The molecular weight excluding hydrogens is 652 g/mol. The van der Waals surface area contributed by atoms with Gasteiger partial charge in [0.05, 0.1) is 13.2 Å². The quantitative estimate of drug-likeness (QED) is 0.154. The Hall–Kier alpha value is -5.63. The van der Waals surface area contributed by atoms with Gasteiger partial charge in [0.25, 0.3) is 5.91 Å². The molecule has 0 bridgehead atoms. The van der Waals surface area contributed by atoms with E-state index in [1.165, 1.54) is 0 Å². The minimum atomic E-state index is -1.05. The molecule has 0 unspecified atom stereocenters. The maximum Gasteiger partial charge on any atom is 0.404 e. The zero-order chi connectivity index (χ0) is 35.7. The molecule has 14 nitrogen and oxygen atoms in total. The van der Waals surface area contributed by atoms with Gasteiger partial charge in [-0.25, -0.2) is 9.89 Å². The van der Waals surface area contributed by atoms with Gasteiger partial charge in [-0.15, -0.1) is 5.10 Å². The number of hydrogen-bond donors (Lipinski definition) is 5. The van der Waals surface area contributed by atoms with Crippen molar-refractivity contribution >= 4 is 29.5 Å². The van der Waals surface area contributed by atoms with E-state index in [2.05, 4.69) is 36.6 Å². The third-order valence-corrected chi connectivity index (χ3v) is 9.62. The highest BCUT2D eigenvalue weighted by molar-refractivity contribution is 5.98. The molecule has 4 amide bonds. The van der Waals surface area contributed by atoms with E-state index in [-0.39, 0.29) is 36.0 Å². The molecule has 1 aliphatic heterocycles. The molecule has 0 spiro atoms. The Morgan fingerprint density at radius 3 is 2.43 bits per heavy atom. The predicted octanol–water partition coefficient (Wildman–Crippen LogP) is 4.05. The molecule has 1 aliphatic carbocycles. The fourth-order valence-corrected chi connectivity index (χ4v) is 6.69. The van der Waals surface area contributed by atoms with E-state index in [1.54, 1.807) is 29.2 Å². The van der Waals surface area contributed by atoms with Crippen LogP contribution < -0.4 is 16.0 Å². The number of carboxylic acid groups (broad SMARTS) is 1. The first-order valence-electron chi connectivity index (χ1n) is 17.2. The van der Waals surface area contributed by atoms with Gasteiger partial charge in [0.1, 0.15) is 6.04 Å². The topological polar surface area (TPSA) is 192 Å². The molecule has 2 aliphatic rings. The standard InChI is InChI=1S/C37H42N8O6/c1-23-5-6-25(19-31(23)28-3-2-4-29(21-28)36(48)45-15-17-51-18-16-45)20-32(40-34(46)27-9-7-24(8-10-27)22-38-37(49)50)35(47)39-30-13-11-26(12-14-30)33-41-43-44-42-33/h2-6,11-14,19,21,24,27,32,38H,7-10,15-18,20,22H2,1H3,(H,39,47)(H,40,46)(H,49,50)(H,41,42,43,44)/t24-,27-,32-/m0/s1. The second kappa shape index (κ2) is 16.4. The molecule has 5 N–H and O–H groups in total. The molecule has 4 aromatic rings. The van der Waals surface area contributed by atoms with Gasteiger partial charge in [-0.05, 0) is 108 Å². The van der Waals surface area contributed by atoms with E-state index in [1.807, 2.05) is 49.4 Å². The molecule has 14 heteroatoms. The molecule has 3 aromatic carbocycles. The number of anilines is 1. The summed E-state index contributed by atoms with van der Waals surface area (Å²) in [6.07, 6.45) is 1.84. The molecular formula is C37H42N8O6. The van der Waals surface area contributed by atoms with Crippen LogP contribution in [0.25, 0.3) is 22.5 Å². The van der Waals surface area contributed by atoms with Crippen molar-refractivity contribution in [3.05, 3.63) is 83.4 Å². The molecule has 1 aromatic heterocycles. The molecule has 2 fully saturated rings. The Morgan fingerprint density at radius 1 is 0.961 bits per heavy atom. The van der Waals surface area contributed by atoms with Gasteiger partial charge in [-0.1, -0.05) is 30.3 Å². The van der Waals surface area contributed by atoms with E-state index < -0.39 is 12.1 Å². The number of tetrazole rings is 1. The highest BCUT2D eigenvalue weighted by Crippen LogP contribution is 2.30. The summed E-state index contributed by atoms with van der Waals surface area (Å²) in [7, 11) is 0. The number of aromatic amines is 1. The van der Waals surface area contributed by atoms with Crippen molar-refractivity contribution in [2.24, 2.45) is 11.8 Å². The number of carbonyl (C=O) groups is 4. The van der Waals surface area contributed by atoms with E-state index in [0.717, 1.165) is 40.7 Å². The SMILES string of the molecule is Cc1ccc(C[C@H](NC(=O)[C@H]2CC[C@H](CNC(=O)O)CC2)C(=O)Nc2ccc(-c3nnn[nH]3)cc2)cc1-c1cccc(C(=O)N2CCOCC2)c1. The first kappa shape index (κ1) is 35.2. The van der Waals surface area contributed by atoms with Crippen LogP contribution in [0.5, 0.6) is 0 Å². The second-order valence-corrected chi connectivity index (χ2v) is 13.1. The summed E-state index contributed by atoms with van der Waals surface area (Å²) < 4.78 is 5.41. The van der Waals surface area contributed by atoms with Gasteiger partial charge in [-0.3, -0.25) is 14.4 Å². The normalized spacial score (nSPS) is 18.0. The summed E-state index contributed by atoms with van der Waals surface area (Å²) in [6, 6.07) is 19.7. The van der Waals surface area contributed by atoms with Crippen molar-refractivity contribution in [2.45, 2.75) is 45.1 Å². The third kappa shape index (κ3) is 9.14. The molecule has 51 heavy (non-hydrogen) atoms. The summed E-state index contributed by atoms with van der Waals surface area (Å²) in [5, 5.41) is 31.2. The number of nitrogens with one attached hydrogen (secondary N) is 4. The van der Waals surface area contributed by atoms with Gasteiger partial charge < -0.3 is 30.7 Å². The first-order chi connectivity index (χ1) is 24.7. The third-order valence-electron chi connectivity index (χ3n) is 9.62. The Bertz CT molecular complexity index is 1830. The number of hydrogen-bond acceptors (Lipinski definition) is 8. The van der Waals surface area contributed by atoms with E-state index in [9.17, 15) is 19.2 Å². The lowest BCUT2D eigenvalue weighted by atomic mass is 9.81. The summed E-state index contributed by atoms with van der Waals surface area (Å²) >= 11 is 0. The maximum atomic E-state index is 13.9. The van der Waals surface area contributed by atoms with E-state index in [4.69, 9.17) is 9.84 Å². The minimum Gasteiger partial charge on any atom is -0.465 e. The predicted molar refractivity (Wildman–Crippen MR) is 189 cm³/mol. The lowest BCUT2D eigenvalue weighted by Gasteiger charge is -2.29. The lowest BCUT2D eigenvalue weighted by Crippen LogP contribution is -2.48. The number of carbonyl (C=O) groups excluding carboxylic acids is 3. The number of rotatable bonds is 11. The monoisotopic (exact) mass is 694 g/mol. The van der Waals surface area contributed by atoms with Crippen LogP contribution >= 0.6 is 0 Å². The van der Waals surface area contributed by atoms with Crippen LogP contribution in [0.15, 0.2) is 66.7 Å². The maximum absolute atomic E-state index is 13.9. The van der Waals surface area contributed by atoms with Gasteiger partial charge in [-0.2, -0.15) is 0 Å². The molecule has 2 heterocycles. The number of aromatic nitrogens is 4. The van der Waals surface area contributed by atoms with Crippen LogP contribution in [-0.2, 0) is 20.7 Å². The summed E-state index contributed by atoms with van der Waals surface area (Å²) in [4.78, 5) is 53.5. The average Bonchev–Trinajstić information content (AvgIpc) is 3.70. The number of nitrogens with zero attached hydrogens (tertiary/aromatic N) is 4. The van der Waals surface area contributed by atoms with Crippen LogP contribution in [0.1, 0.15) is 47.2 Å². The van der Waals surface area contributed by atoms with E-state index in [0.29, 0.717) is 62.8 Å². The molecule has 1 atom stereocenters. The number of ether oxygens (including phenoxy) is 1. The van der Waals surface area contributed by atoms with Crippen LogP contribution in [-0.4, -0.2) is 93.3 Å². The Morgan fingerprint density at radius 2 is 1.73 bits per heavy atom. The smallest absolute Gasteiger partial charge is 0.404 e. The largest absolute Gasteiger partial charge is 0.465 e. The Balaban J connectivity index is 1.19. The lowest BCUT2D eigenvalue weighted by molar-refractivity contribution is -0.130. The highest BCUT2D eigenvalue weighted by atomic mass is 16.5. The van der Waals surface area contributed by atoms with Crippen molar-refractivity contribution in [1.82, 2.24) is 36.2 Å². The van der Waals surface area contributed by atoms with Gasteiger partial charge in [0, 0.05) is 48.8 Å². The fourth-order valence-electron chi connectivity index (χ4n) is 6.69. The number of amides is 4. The Labute approximate surface area is 295 Å². The zero-order valence-electron chi connectivity index (χ0n) is 28.4. The summed E-state index contributed by atoms with van der Waals surface area (Å²) in [5.41, 5.74) is 5.57. The molecule has 6 rings (SSSR count). The molecule has 1 saturated heterocycles. The van der Waals surface area contributed by atoms with Crippen molar-refractivity contribution in [3.63, 3.8) is 0 Å². The minimum absolute atomic E-state index is 0.0360. The second-order valence-electron chi connectivity index (χ2n) is 13.1. The van der Waals surface area contributed by atoms with Crippen molar-refractivity contribution in [2.75, 3.05) is 38.2 Å². The van der Waals surface area contributed by atoms with Gasteiger partial charge in [0.15, 0.2) is 5.82 Å². The first-order valence-corrected chi connectivity index (χ1v) is 17.2. The van der Waals surface area contributed by atoms with Gasteiger partial charge in [0.2, 0.25) is 11.8 Å². The number of morpholine rings is 1. The van der Waals surface area contributed by atoms with E-state index >= 15 is 0 Å². The van der Waals surface area contributed by atoms with Crippen molar-refractivity contribution in [1.29, 1.82) is 0 Å². The zero-order valence-corrected chi connectivity index (χ0v) is 28.4. The highest BCUT2D eigenvalue weighted by Gasteiger charge is 2.30. The van der Waals surface area contributed by atoms with Crippen LogP contribution in [0.2, 0.25) is 0 Å². The van der Waals surface area contributed by atoms with Crippen molar-refractivity contribution in [3.8, 4) is 22.5 Å². The summed E-state index contributed by atoms with van der Waals surface area (Å²) in [6.45, 7) is 4.52. The fraction of sp³-hybridized carbons (Fsp3) is 0.378. The molecule has 0 radical (unpaired) electrons. The van der Waals surface area contributed by atoms with Crippen LogP contribution in [0, 0.1) is 18.8 Å². The van der Waals surface area contributed by atoms with Crippen molar-refractivity contribution < 1.29 is 29.0 Å². The molecule has 266 valence electrons. The Kier molecular flexibility index (Phi) is 11.3. The summed E-state index contributed by atoms with van der Waals surface area (Å²) in [5.74, 6) is -0.208. The van der Waals surface area contributed by atoms with Gasteiger partial charge >= 0.3 is 6.09 Å². The molecule has 1 saturated carbocycles. The average molecular weight is 695 g/mol. The number of aryl methyl sites for hydroxylation is 1. The van der Waals surface area contributed by atoms with Crippen LogP contribution in [0.3, 0.4) is 0 Å². The van der Waals surface area contributed by atoms with Crippen LogP contribution in [0.4, 0.5) is 10.5 Å². The number of benzene rings is 3.